The number of methoxy groups -OCH3 is 2. The van der Waals surface area contributed by atoms with Gasteiger partial charge in [0, 0.05) is 20.2 Å². The molecule has 1 atom stereocenters. The second-order valence-electron chi connectivity index (χ2n) is 4.30. The molecule has 1 unspecified atom stereocenters. The standard InChI is InChI=1S/C14H23NO5/c1-18-6-5-15-8-11-3-4-13(19-2)14(7-11)20-10-12(17)9-16/h3-4,7,12,15-17H,5-6,8-10H2,1-2H3. The molecule has 1 aromatic rings. The van der Waals surface area contributed by atoms with Crippen molar-refractivity contribution < 1.29 is 24.4 Å². The molecule has 114 valence electrons. The molecular formula is C14H23NO5. The second-order valence-corrected chi connectivity index (χ2v) is 4.30. The molecule has 3 N–H and O–H groups in total. The van der Waals surface area contributed by atoms with Crippen LogP contribution in [-0.2, 0) is 11.3 Å². The summed E-state index contributed by atoms with van der Waals surface area (Å²) in [4.78, 5) is 0. The molecule has 0 radical (unpaired) electrons. The third kappa shape index (κ3) is 5.75. The van der Waals surface area contributed by atoms with Crippen molar-refractivity contribution in [1.82, 2.24) is 5.32 Å². The molecule has 0 fully saturated rings. The molecule has 0 saturated carbocycles. The van der Waals surface area contributed by atoms with Gasteiger partial charge in [-0.25, -0.2) is 0 Å². The van der Waals surface area contributed by atoms with Crippen molar-refractivity contribution in [2.45, 2.75) is 12.6 Å². The number of aliphatic hydroxyl groups excluding tert-OH is 2. The lowest BCUT2D eigenvalue weighted by molar-refractivity contribution is 0.0527. The molecule has 0 aliphatic carbocycles. The number of hydrogen-bond acceptors (Lipinski definition) is 6. The van der Waals surface area contributed by atoms with Gasteiger partial charge in [-0.05, 0) is 17.7 Å². The smallest absolute Gasteiger partial charge is 0.161 e. The van der Waals surface area contributed by atoms with E-state index in [1.807, 2.05) is 18.2 Å². The number of ether oxygens (including phenoxy) is 3. The number of benzene rings is 1. The lowest BCUT2D eigenvalue weighted by Gasteiger charge is -2.14. The van der Waals surface area contributed by atoms with Crippen LogP contribution in [0.3, 0.4) is 0 Å². The van der Waals surface area contributed by atoms with E-state index in [2.05, 4.69) is 5.32 Å². The van der Waals surface area contributed by atoms with Gasteiger partial charge in [-0.3, -0.25) is 0 Å². The molecule has 0 saturated heterocycles. The van der Waals surface area contributed by atoms with Gasteiger partial charge in [-0.1, -0.05) is 6.07 Å². The predicted octanol–water partition coefficient (Wildman–Crippen LogP) is 0.163. The van der Waals surface area contributed by atoms with Crippen molar-refractivity contribution in [3.05, 3.63) is 23.8 Å². The summed E-state index contributed by atoms with van der Waals surface area (Å²) in [7, 11) is 3.22. The summed E-state index contributed by atoms with van der Waals surface area (Å²) in [6, 6.07) is 5.60. The van der Waals surface area contributed by atoms with Crippen molar-refractivity contribution >= 4 is 0 Å². The molecule has 0 aromatic heterocycles. The molecule has 0 aliphatic rings. The number of aliphatic hydroxyl groups is 2. The fourth-order valence-corrected chi connectivity index (χ4v) is 1.59. The summed E-state index contributed by atoms with van der Waals surface area (Å²) in [5.41, 5.74) is 1.04. The summed E-state index contributed by atoms with van der Waals surface area (Å²) in [6.07, 6.45) is -0.900. The third-order valence-electron chi connectivity index (χ3n) is 2.68. The van der Waals surface area contributed by atoms with Crippen LogP contribution >= 0.6 is 0 Å². The highest BCUT2D eigenvalue weighted by molar-refractivity contribution is 5.43. The van der Waals surface area contributed by atoms with Gasteiger partial charge in [0.2, 0.25) is 0 Å². The maximum absolute atomic E-state index is 9.31. The SMILES string of the molecule is COCCNCc1ccc(OC)c(OCC(O)CO)c1. The molecule has 1 rings (SSSR count). The second kappa shape index (κ2) is 9.55. The molecule has 6 nitrogen and oxygen atoms in total. The Kier molecular flexibility index (Phi) is 7.98. The topological polar surface area (TPSA) is 80.2 Å². The Hall–Kier alpha value is -1.34. The van der Waals surface area contributed by atoms with Gasteiger partial charge in [0.1, 0.15) is 12.7 Å². The Balaban J connectivity index is 2.60. The average molecular weight is 285 g/mol. The van der Waals surface area contributed by atoms with Gasteiger partial charge in [-0.15, -0.1) is 0 Å². The maximum Gasteiger partial charge on any atom is 0.161 e. The van der Waals surface area contributed by atoms with Crippen molar-refractivity contribution in [2.24, 2.45) is 0 Å². The van der Waals surface area contributed by atoms with Crippen LogP contribution in [0.5, 0.6) is 11.5 Å². The van der Waals surface area contributed by atoms with E-state index in [0.717, 1.165) is 12.1 Å². The highest BCUT2D eigenvalue weighted by Gasteiger charge is 2.09. The molecule has 0 spiro atoms. The lowest BCUT2D eigenvalue weighted by Crippen LogP contribution is -2.21. The van der Waals surface area contributed by atoms with E-state index in [9.17, 15) is 5.11 Å². The van der Waals surface area contributed by atoms with Crippen LogP contribution in [0.4, 0.5) is 0 Å². The molecule has 0 amide bonds. The van der Waals surface area contributed by atoms with Crippen molar-refractivity contribution in [1.29, 1.82) is 0 Å². The van der Waals surface area contributed by atoms with E-state index in [-0.39, 0.29) is 13.2 Å². The first-order valence-electron chi connectivity index (χ1n) is 6.49. The Morgan fingerprint density at radius 1 is 1.25 bits per heavy atom. The van der Waals surface area contributed by atoms with Crippen LogP contribution in [-0.4, -0.2) is 56.9 Å². The molecule has 20 heavy (non-hydrogen) atoms. The van der Waals surface area contributed by atoms with E-state index in [0.29, 0.717) is 24.7 Å². The van der Waals surface area contributed by atoms with Crippen LogP contribution in [0.15, 0.2) is 18.2 Å². The number of rotatable bonds is 10. The van der Waals surface area contributed by atoms with E-state index in [1.54, 1.807) is 14.2 Å². The van der Waals surface area contributed by atoms with Gasteiger partial charge in [-0.2, -0.15) is 0 Å². The Morgan fingerprint density at radius 2 is 2.05 bits per heavy atom. The summed E-state index contributed by atoms with van der Waals surface area (Å²) >= 11 is 0. The molecule has 0 aliphatic heterocycles. The third-order valence-corrected chi connectivity index (χ3v) is 2.68. The normalized spacial score (nSPS) is 12.2. The Bertz CT molecular complexity index is 386. The zero-order chi connectivity index (χ0) is 14.8. The summed E-state index contributed by atoms with van der Waals surface area (Å²) < 4.78 is 15.6. The van der Waals surface area contributed by atoms with Gasteiger partial charge in [0.15, 0.2) is 11.5 Å². The van der Waals surface area contributed by atoms with Crippen LogP contribution < -0.4 is 14.8 Å². The minimum atomic E-state index is -0.900. The predicted molar refractivity (Wildman–Crippen MR) is 75.2 cm³/mol. The van der Waals surface area contributed by atoms with E-state index >= 15 is 0 Å². The van der Waals surface area contributed by atoms with Crippen LogP contribution in [0, 0.1) is 0 Å². The minimum absolute atomic E-state index is 0.0212. The molecule has 0 bridgehead atoms. The fraction of sp³-hybridized carbons (Fsp3) is 0.571. The number of nitrogens with one attached hydrogen (secondary N) is 1. The minimum Gasteiger partial charge on any atom is -0.493 e. The lowest BCUT2D eigenvalue weighted by atomic mass is 10.2. The van der Waals surface area contributed by atoms with Crippen molar-refractivity contribution in [3.8, 4) is 11.5 Å². The Morgan fingerprint density at radius 3 is 2.70 bits per heavy atom. The van der Waals surface area contributed by atoms with Crippen molar-refractivity contribution in [3.63, 3.8) is 0 Å². The molecule has 1 aromatic carbocycles. The van der Waals surface area contributed by atoms with Gasteiger partial charge in [0.25, 0.3) is 0 Å². The van der Waals surface area contributed by atoms with E-state index < -0.39 is 6.10 Å². The number of hydrogen-bond donors (Lipinski definition) is 3. The van der Waals surface area contributed by atoms with Crippen LogP contribution in [0.25, 0.3) is 0 Å². The first kappa shape index (κ1) is 16.7. The highest BCUT2D eigenvalue weighted by Crippen LogP contribution is 2.28. The van der Waals surface area contributed by atoms with Gasteiger partial charge < -0.3 is 29.7 Å². The zero-order valence-corrected chi connectivity index (χ0v) is 12.0. The van der Waals surface area contributed by atoms with E-state index in [4.69, 9.17) is 19.3 Å². The Labute approximate surface area is 119 Å². The summed E-state index contributed by atoms with van der Waals surface area (Å²) in [6.45, 7) is 1.80. The summed E-state index contributed by atoms with van der Waals surface area (Å²) in [5.74, 6) is 1.14. The first-order valence-corrected chi connectivity index (χ1v) is 6.49. The van der Waals surface area contributed by atoms with Crippen molar-refractivity contribution in [2.75, 3.05) is 40.6 Å². The molecular weight excluding hydrogens is 262 g/mol. The average Bonchev–Trinajstić information content (AvgIpc) is 2.49. The van der Waals surface area contributed by atoms with Gasteiger partial charge >= 0.3 is 0 Å². The van der Waals surface area contributed by atoms with E-state index in [1.165, 1.54) is 0 Å². The summed E-state index contributed by atoms with van der Waals surface area (Å²) in [5, 5.41) is 21.3. The maximum atomic E-state index is 9.31. The monoisotopic (exact) mass is 285 g/mol. The van der Waals surface area contributed by atoms with Gasteiger partial charge in [0.05, 0.1) is 20.3 Å². The molecule has 6 heteroatoms. The van der Waals surface area contributed by atoms with Crippen LogP contribution in [0.2, 0.25) is 0 Å². The van der Waals surface area contributed by atoms with Crippen LogP contribution in [0.1, 0.15) is 5.56 Å². The molecule has 0 heterocycles. The largest absolute Gasteiger partial charge is 0.493 e. The fourth-order valence-electron chi connectivity index (χ4n) is 1.59. The highest BCUT2D eigenvalue weighted by atomic mass is 16.5. The first-order chi connectivity index (χ1) is 9.71. The quantitative estimate of drug-likeness (QED) is 0.532. The zero-order valence-electron chi connectivity index (χ0n) is 12.0.